The number of allylic oxidation sites excluding steroid dienone is 1. The largest absolute Gasteiger partial charge is 0.484 e. The molecule has 0 bridgehead atoms. The molecule has 4 rings (SSSR count). The molecule has 0 atom stereocenters. The van der Waals surface area contributed by atoms with Gasteiger partial charge in [0.05, 0.1) is 17.9 Å². The highest BCUT2D eigenvalue weighted by Gasteiger charge is 2.24. The van der Waals surface area contributed by atoms with Crippen molar-refractivity contribution in [3.63, 3.8) is 0 Å². The van der Waals surface area contributed by atoms with Crippen molar-refractivity contribution in [2.45, 2.75) is 39.1 Å². The van der Waals surface area contributed by atoms with Gasteiger partial charge in [-0.25, -0.2) is 4.79 Å². The predicted octanol–water partition coefficient (Wildman–Crippen LogP) is 6.87. The lowest BCUT2D eigenvalue weighted by atomic mass is 9.97. The number of carbonyl (C=O) groups is 2. The third-order valence-corrected chi connectivity index (χ3v) is 8.17. The van der Waals surface area contributed by atoms with Crippen LogP contribution in [0.2, 0.25) is 5.02 Å². The molecule has 208 valence electrons. The number of halogens is 1. The number of hydrogen-bond acceptors (Lipinski definition) is 8. The maximum absolute atomic E-state index is 13.0. The Morgan fingerprint density at radius 1 is 1.12 bits per heavy atom. The minimum absolute atomic E-state index is 0.0527. The van der Waals surface area contributed by atoms with Gasteiger partial charge in [-0.2, -0.15) is 0 Å². The average Bonchev–Trinajstić information content (AvgIpc) is 3.52. The fraction of sp³-hybridized carbons (Fsp3) is 0.241. The van der Waals surface area contributed by atoms with Crippen molar-refractivity contribution in [3.05, 3.63) is 87.5 Å². The molecule has 11 heteroatoms. The molecule has 0 aliphatic heterocycles. The van der Waals surface area contributed by atoms with Crippen LogP contribution in [-0.2, 0) is 22.7 Å². The number of carbonyl (C=O) groups excluding carboxylic acids is 2. The van der Waals surface area contributed by atoms with Crippen LogP contribution in [0.25, 0.3) is 11.1 Å². The third-order valence-electron chi connectivity index (χ3n) is 6.00. The lowest BCUT2D eigenvalue weighted by molar-refractivity contribution is -0.113. The molecule has 0 saturated carbocycles. The number of ether oxygens (including phenoxy) is 2. The molecule has 0 unspecified atom stereocenters. The minimum Gasteiger partial charge on any atom is -0.484 e. The molecular formula is C29H29ClN4O4S2. The van der Waals surface area contributed by atoms with Crippen molar-refractivity contribution in [3.8, 4) is 16.9 Å². The Kier molecular flexibility index (Phi) is 9.67. The predicted molar refractivity (Wildman–Crippen MR) is 161 cm³/mol. The van der Waals surface area contributed by atoms with Crippen LogP contribution in [0.1, 0.15) is 32.9 Å². The number of anilines is 1. The van der Waals surface area contributed by atoms with Crippen molar-refractivity contribution < 1.29 is 19.1 Å². The van der Waals surface area contributed by atoms with Crippen molar-refractivity contribution in [1.29, 1.82) is 0 Å². The van der Waals surface area contributed by atoms with Crippen LogP contribution >= 0.6 is 34.7 Å². The first-order valence-corrected chi connectivity index (χ1v) is 14.6. The van der Waals surface area contributed by atoms with E-state index in [1.807, 2.05) is 61.1 Å². The van der Waals surface area contributed by atoms with E-state index in [1.54, 1.807) is 12.1 Å². The van der Waals surface area contributed by atoms with Crippen LogP contribution in [0.5, 0.6) is 5.75 Å². The average molecular weight is 597 g/mol. The number of amides is 1. The van der Waals surface area contributed by atoms with Crippen LogP contribution in [-0.4, -0.2) is 39.5 Å². The van der Waals surface area contributed by atoms with Gasteiger partial charge in [-0.05, 0) is 49.6 Å². The van der Waals surface area contributed by atoms with E-state index in [4.69, 9.17) is 21.1 Å². The molecule has 1 N–H and O–H groups in total. The molecular weight excluding hydrogens is 568 g/mol. The number of methoxy groups -OCH3 is 1. The number of nitrogens with one attached hydrogen (secondary N) is 1. The summed E-state index contributed by atoms with van der Waals surface area (Å²) in [4.78, 5) is 25.7. The van der Waals surface area contributed by atoms with Gasteiger partial charge in [-0.1, -0.05) is 59.3 Å². The quantitative estimate of drug-likeness (QED) is 0.115. The molecule has 0 radical (unpaired) electrons. The summed E-state index contributed by atoms with van der Waals surface area (Å²) in [6.07, 6.45) is 1.72. The van der Waals surface area contributed by atoms with Crippen LogP contribution in [0, 0.1) is 20.8 Å². The summed E-state index contributed by atoms with van der Waals surface area (Å²) in [6.45, 7) is 10.3. The zero-order chi connectivity index (χ0) is 28.8. The van der Waals surface area contributed by atoms with E-state index in [2.05, 4.69) is 22.1 Å². The normalized spacial score (nSPS) is 10.8. The Balaban J connectivity index is 1.48. The molecule has 2 aromatic heterocycles. The molecule has 2 heterocycles. The van der Waals surface area contributed by atoms with E-state index in [-0.39, 0.29) is 18.3 Å². The standard InChI is InChI=1S/C29H29ClN4O4S2/c1-6-11-34-24(14-38-23-13-18(3)8-10-22(23)30)32-33-29(34)40-16-25(35)31-27-26(28(36)37-5)21(15-39-27)20-12-17(2)7-9-19(20)4/h6-10,12-13,15H,1,11,14,16H2,2-5H3,(H,31,35). The second-order valence-electron chi connectivity index (χ2n) is 9.02. The van der Waals surface area contributed by atoms with Gasteiger partial charge in [0, 0.05) is 17.5 Å². The van der Waals surface area contributed by atoms with E-state index >= 15 is 0 Å². The first-order valence-electron chi connectivity index (χ1n) is 12.3. The van der Waals surface area contributed by atoms with Gasteiger partial charge < -0.3 is 14.8 Å². The van der Waals surface area contributed by atoms with Gasteiger partial charge in [0.2, 0.25) is 5.91 Å². The Morgan fingerprint density at radius 3 is 2.62 bits per heavy atom. The molecule has 0 fully saturated rings. The Bertz CT molecular complexity index is 1560. The number of thiophene rings is 1. The topological polar surface area (TPSA) is 95.3 Å². The SMILES string of the molecule is C=CCn1c(COc2cc(C)ccc2Cl)nnc1SCC(=O)Nc1scc(-c2cc(C)ccc2C)c1C(=O)OC. The summed E-state index contributed by atoms with van der Waals surface area (Å²) < 4.78 is 12.8. The van der Waals surface area contributed by atoms with Gasteiger partial charge in [-0.3, -0.25) is 9.36 Å². The molecule has 0 aliphatic rings. The number of nitrogens with zero attached hydrogens (tertiary/aromatic N) is 3. The van der Waals surface area contributed by atoms with Crippen LogP contribution in [0.4, 0.5) is 5.00 Å². The van der Waals surface area contributed by atoms with E-state index in [1.165, 1.54) is 30.2 Å². The highest BCUT2D eigenvalue weighted by atomic mass is 35.5. The van der Waals surface area contributed by atoms with Crippen LogP contribution in [0.15, 0.2) is 59.6 Å². The number of benzene rings is 2. The summed E-state index contributed by atoms with van der Waals surface area (Å²) >= 11 is 8.76. The number of hydrogen-bond donors (Lipinski definition) is 1. The number of thioether (sulfide) groups is 1. The number of aryl methyl sites for hydroxylation is 3. The molecule has 40 heavy (non-hydrogen) atoms. The highest BCUT2D eigenvalue weighted by molar-refractivity contribution is 7.99. The van der Waals surface area contributed by atoms with Gasteiger partial charge in [0.25, 0.3) is 0 Å². The number of rotatable bonds is 11. The molecule has 0 spiro atoms. The van der Waals surface area contributed by atoms with Gasteiger partial charge in [0.15, 0.2) is 11.0 Å². The first kappa shape index (κ1) is 29.4. The summed E-state index contributed by atoms with van der Waals surface area (Å²) in [6, 6.07) is 11.6. The molecule has 1 amide bonds. The van der Waals surface area contributed by atoms with Crippen molar-refractivity contribution >= 4 is 51.6 Å². The van der Waals surface area contributed by atoms with Gasteiger partial charge in [-0.15, -0.1) is 28.1 Å². The fourth-order valence-corrected chi connectivity index (χ4v) is 5.88. The molecule has 0 saturated heterocycles. The second kappa shape index (κ2) is 13.2. The Morgan fingerprint density at radius 2 is 1.88 bits per heavy atom. The zero-order valence-corrected chi connectivity index (χ0v) is 25.0. The van der Waals surface area contributed by atoms with E-state index in [0.29, 0.717) is 38.9 Å². The third kappa shape index (κ3) is 6.75. The smallest absolute Gasteiger partial charge is 0.341 e. The van der Waals surface area contributed by atoms with E-state index < -0.39 is 5.97 Å². The molecule has 0 aliphatic carbocycles. The van der Waals surface area contributed by atoms with Crippen LogP contribution in [0.3, 0.4) is 0 Å². The van der Waals surface area contributed by atoms with Crippen LogP contribution < -0.4 is 10.1 Å². The lowest BCUT2D eigenvalue weighted by Crippen LogP contribution is -2.16. The maximum atomic E-state index is 13.0. The number of aromatic nitrogens is 3. The molecule has 4 aromatic rings. The molecule has 2 aromatic carbocycles. The first-order chi connectivity index (χ1) is 19.2. The van der Waals surface area contributed by atoms with E-state index in [9.17, 15) is 9.59 Å². The van der Waals surface area contributed by atoms with Crippen molar-refractivity contribution in [1.82, 2.24) is 14.8 Å². The zero-order valence-electron chi connectivity index (χ0n) is 22.6. The Hall–Kier alpha value is -3.60. The monoisotopic (exact) mass is 596 g/mol. The van der Waals surface area contributed by atoms with Gasteiger partial charge in [0.1, 0.15) is 22.9 Å². The van der Waals surface area contributed by atoms with Gasteiger partial charge >= 0.3 is 5.97 Å². The number of esters is 1. The fourth-order valence-electron chi connectivity index (χ4n) is 3.98. The summed E-state index contributed by atoms with van der Waals surface area (Å²) in [7, 11) is 1.33. The Labute approximate surface area is 246 Å². The van der Waals surface area contributed by atoms with E-state index in [0.717, 1.165) is 27.8 Å². The minimum atomic E-state index is -0.510. The molecule has 8 nitrogen and oxygen atoms in total. The summed E-state index contributed by atoms with van der Waals surface area (Å²) in [5.74, 6) is 0.383. The van der Waals surface area contributed by atoms with Crippen molar-refractivity contribution in [2.75, 3.05) is 18.2 Å². The van der Waals surface area contributed by atoms with Crippen molar-refractivity contribution in [2.24, 2.45) is 0 Å². The summed E-state index contributed by atoms with van der Waals surface area (Å²) in [5.41, 5.74) is 5.10. The highest BCUT2D eigenvalue weighted by Crippen LogP contribution is 2.38. The maximum Gasteiger partial charge on any atom is 0.341 e. The lowest BCUT2D eigenvalue weighted by Gasteiger charge is -2.11. The summed E-state index contributed by atoms with van der Waals surface area (Å²) in [5, 5.41) is 14.7. The second-order valence-corrected chi connectivity index (χ2v) is 11.3.